The minimum Gasteiger partial charge on any atom is -0.444 e. The lowest BCUT2D eigenvalue weighted by atomic mass is 10.1. The second-order valence-corrected chi connectivity index (χ2v) is 12.7. The number of hydrogen-bond donors (Lipinski definition) is 1. The summed E-state index contributed by atoms with van der Waals surface area (Å²) in [5.74, 6) is 1.47. The van der Waals surface area contributed by atoms with Gasteiger partial charge in [0.2, 0.25) is 5.78 Å². The first-order valence-corrected chi connectivity index (χ1v) is 15.2. The Hall–Kier alpha value is -3.78. The van der Waals surface area contributed by atoms with Crippen molar-refractivity contribution in [2.75, 3.05) is 50.0 Å². The molecule has 244 valence electrons. The first kappa shape index (κ1) is 32.6. The van der Waals surface area contributed by atoms with Crippen molar-refractivity contribution in [2.45, 2.75) is 64.8 Å². The molecule has 1 saturated heterocycles. The van der Waals surface area contributed by atoms with Gasteiger partial charge in [0.25, 0.3) is 5.56 Å². The molecule has 0 saturated carbocycles. The topological polar surface area (TPSA) is 120 Å². The number of nitrogen functional groups attached to an aromatic ring is 1. The summed E-state index contributed by atoms with van der Waals surface area (Å²) < 4.78 is 50.5. The molecule has 0 spiro atoms. The molecular formula is C30H37ClF3N7O4. The van der Waals surface area contributed by atoms with Crippen molar-refractivity contribution in [2.24, 2.45) is 0 Å². The smallest absolute Gasteiger partial charge is 0.416 e. The third-order valence-corrected chi connectivity index (χ3v) is 8.17. The molecule has 5 heterocycles. The molecule has 3 aromatic rings. The maximum atomic E-state index is 13.7. The summed E-state index contributed by atoms with van der Waals surface area (Å²) in [5.41, 5.74) is 6.66. The molecule has 0 bridgehead atoms. The van der Waals surface area contributed by atoms with Crippen LogP contribution in [0.3, 0.4) is 0 Å². The number of nitrogens with zero attached hydrogens (tertiary/aromatic N) is 6. The van der Waals surface area contributed by atoms with Crippen LogP contribution in [0.2, 0.25) is 5.02 Å². The molecule has 1 unspecified atom stereocenters. The van der Waals surface area contributed by atoms with E-state index in [-0.39, 0.29) is 28.3 Å². The fraction of sp³-hybridized carbons (Fsp3) is 0.533. The number of carbonyl (C=O) groups is 1. The van der Waals surface area contributed by atoms with Crippen molar-refractivity contribution < 1.29 is 27.4 Å². The van der Waals surface area contributed by atoms with Crippen LogP contribution in [0.15, 0.2) is 29.1 Å². The molecule has 2 N–H and O–H groups in total. The van der Waals surface area contributed by atoms with Crippen molar-refractivity contribution in [3.05, 3.63) is 56.7 Å². The van der Waals surface area contributed by atoms with Gasteiger partial charge in [0.15, 0.2) is 5.82 Å². The summed E-state index contributed by atoms with van der Waals surface area (Å²) in [6.45, 7) is 11.9. The highest BCUT2D eigenvalue weighted by Gasteiger charge is 2.34. The van der Waals surface area contributed by atoms with E-state index in [9.17, 15) is 22.8 Å². The first-order valence-electron chi connectivity index (χ1n) is 14.8. The number of fused-ring (bicyclic) bond motifs is 3. The lowest BCUT2D eigenvalue weighted by Gasteiger charge is -2.37. The third-order valence-electron chi connectivity index (χ3n) is 7.84. The molecule has 1 aromatic carbocycles. The van der Waals surface area contributed by atoms with Crippen LogP contribution in [-0.4, -0.2) is 75.2 Å². The average molecular weight is 652 g/mol. The second kappa shape index (κ2) is 12.5. The fourth-order valence-corrected chi connectivity index (χ4v) is 5.73. The Balaban J connectivity index is 0.000000282. The van der Waals surface area contributed by atoms with E-state index in [0.29, 0.717) is 56.7 Å². The molecule has 45 heavy (non-hydrogen) atoms. The zero-order chi connectivity index (χ0) is 32.7. The lowest BCUT2D eigenvalue weighted by Crippen LogP contribution is -2.51. The number of aromatic nitrogens is 4. The summed E-state index contributed by atoms with van der Waals surface area (Å²) in [4.78, 5) is 34.7. The van der Waals surface area contributed by atoms with Gasteiger partial charge in [-0.1, -0.05) is 24.6 Å². The number of nitrogens with two attached hydrogens (primary N) is 1. The highest BCUT2D eigenvalue weighted by Crippen LogP contribution is 2.35. The summed E-state index contributed by atoms with van der Waals surface area (Å²) in [7, 11) is 0. The third kappa shape index (κ3) is 7.06. The summed E-state index contributed by atoms with van der Waals surface area (Å²) in [6, 6.07) is 2.82. The van der Waals surface area contributed by atoms with Gasteiger partial charge >= 0.3 is 12.3 Å². The van der Waals surface area contributed by atoms with Crippen molar-refractivity contribution in [3.63, 3.8) is 0 Å². The van der Waals surface area contributed by atoms with Crippen LogP contribution in [0.5, 0.6) is 0 Å². The Morgan fingerprint density at radius 2 is 1.84 bits per heavy atom. The van der Waals surface area contributed by atoms with Crippen LogP contribution in [0, 0.1) is 0 Å². The van der Waals surface area contributed by atoms with E-state index in [0.717, 1.165) is 48.9 Å². The normalized spacial score (nSPS) is 18.8. The van der Waals surface area contributed by atoms with E-state index in [1.807, 2.05) is 26.8 Å². The molecule has 11 nitrogen and oxygen atoms in total. The highest BCUT2D eigenvalue weighted by atomic mass is 35.5. The number of hydrogen-bond acceptors (Lipinski definition) is 8. The van der Waals surface area contributed by atoms with Gasteiger partial charge in [0.1, 0.15) is 11.3 Å². The van der Waals surface area contributed by atoms with Crippen LogP contribution in [-0.2, 0) is 22.2 Å². The van der Waals surface area contributed by atoms with Crippen LogP contribution in [0.1, 0.15) is 63.5 Å². The number of anilines is 2. The Kier molecular flexibility index (Phi) is 9.09. The van der Waals surface area contributed by atoms with E-state index in [1.54, 1.807) is 4.90 Å². The SMILES string of the molecule is CC1CCn2c1c(N1CCN(C(=O)OC(C)(C)C)CC1)c(=O)n1nc(C3=CCOCC3)nc21.Nc1ccc(C(F)(F)F)cc1Cl. The van der Waals surface area contributed by atoms with Gasteiger partial charge in [-0.15, -0.1) is 5.10 Å². The Bertz CT molecular complexity index is 1670. The number of rotatable bonds is 2. The number of piperazine rings is 1. The predicted octanol–water partition coefficient (Wildman–Crippen LogP) is 5.20. The first-order chi connectivity index (χ1) is 21.1. The van der Waals surface area contributed by atoms with Crippen molar-refractivity contribution in [3.8, 4) is 0 Å². The highest BCUT2D eigenvalue weighted by molar-refractivity contribution is 6.33. The van der Waals surface area contributed by atoms with E-state index in [1.165, 1.54) is 4.52 Å². The van der Waals surface area contributed by atoms with Gasteiger partial charge in [-0.05, 0) is 57.4 Å². The molecule has 1 fully saturated rings. The molecule has 1 amide bonds. The predicted molar refractivity (Wildman–Crippen MR) is 165 cm³/mol. The second-order valence-electron chi connectivity index (χ2n) is 12.3. The van der Waals surface area contributed by atoms with Crippen LogP contribution in [0.25, 0.3) is 11.4 Å². The molecule has 1 atom stereocenters. The quantitative estimate of drug-likeness (QED) is 0.376. The van der Waals surface area contributed by atoms with Gasteiger partial charge in [-0.25, -0.2) is 4.79 Å². The Labute approximate surface area is 263 Å². The number of carbonyl (C=O) groups excluding carboxylic acids is 1. The molecule has 15 heteroatoms. The van der Waals surface area contributed by atoms with E-state index in [4.69, 9.17) is 31.8 Å². The number of alkyl halides is 3. The van der Waals surface area contributed by atoms with Gasteiger partial charge in [-0.3, -0.25) is 4.79 Å². The molecule has 0 radical (unpaired) electrons. The number of amides is 1. The molecule has 0 aliphatic carbocycles. The monoisotopic (exact) mass is 651 g/mol. The minimum atomic E-state index is -4.36. The molecule has 6 rings (SSSR count). The molecule has 2 aromatic heterocycles. The Morgan fingerprint density at radius 3 is 2.44 bits per heavy atom. The van der Waals surface area contributed by atoms with Crippen LogP contribution in [0.4, 0.5) is 29.3 Å². The summed E-state index contributed by atoms with van der Waals surface area (Å²) >= 11 is 5.39. The standard InChI is InChI=1S/C23H32N6O4.C7H5ClF3N/c1-15-5-8-28-17(15)18(26-9-11-27(12-10-26)22(31)33-23(2,3)4)20(30)29-21(28)24-19(25-29)16-6-13-32-14-7-16;8-5-3-4(7(9,10)11)1-2-6(5)12/h6,15H,5,7-14H2,1-4H3;1-3H,12H2. The van der Waals surface area contributed by atoms with E-state index in [2.05, 4.69) is 21.5 Å². The maximum Gasteiger partial charge on any atom is 0.416 e. The number of benzene rings is 1. The number of aryl methyl sites for hydroxylation is 1. The zero-order valence-electron chi connectivity index (χ0n) is 25.7. The van der Waals surface area contributed by atoms with Gasteiger partial charge < -0.3 is 29.6 Å². The number of halogens is 4. The molecular weight excluding hydrogens is 615 g/mol. The largest absolute Gasteiger partial charge is 0.444 e. The lowest BCUT2D eigenvalue weighted by molar-refractivity contribution is -0.137. The van der Waals surface area contributed by atoms with Crippen molar-refractivity contribution in [1.29, 1.82) is 0 Å². The minimum absolute atomic E-state index is 0.0789. The molecule has 3 aliphatic heterocycles. The average Bonchev–Trinajstić information content (AvgIpc) is 3.59. The van der Waals surface area contributed by atoms with Gasteiger partial charge in [0.05, 0.1) is 35.2 Å². The van der Waals surface area contributed by atoms with E-state index < -0.39 is 17.3 Å². The fourth-order valence-electron chi connectivity index (χ4n) is 5.55. The van der Waals surface area contributed by atoms with Gasteiger partial charge in [0, 0.05) is 38.6 Å². The van der Waals surface area contributed by atoms with Gasteiger partial charge in [-0.2, -0.15) is 22.7 Å². The summed E-state index contributed by atoms with van der Waals surface area (Å²) in [6.07, 6.45) is -0.973. The molecule has 3 aliphatic rings. The van der Waals surface area contributed by atoms with Crippen molar-refractivity contribution in [1.82, 2.24) is 24.1 Å². The zero-order valence-corrected chi connectivity index (χ0v) is 26.4. The van der Waals surface area contributed by atoms with E-state index >= 15 is 0 Å². The van der Waals surface area contributed by atoms with Crippen LogP contribution < -0.4 is 16.2 Å². The summed E-state index contributed by atoms with van der Waals surface area (Å²) in [5, 5.41) is 4.54. The van der Waals surface area contributed by atoms with Crippen molar-refractivity contribution >= 4 is 40.4 Å². The Morgan fingerprint density at radius 1 is 1.13 bits per heavy atom. The maximum absolute atomic E-state index is 13.7. The number of ether oxygens (including phenoxy) is 2. The van der Waals surface area contributed by atoms with Crippen LogP contribution >= 0.6 is 11.6 Å².